The smallest absolute Gasteiger partial charge is 0.318 e. The number of para-hydroxylation sites is 1. The third kappa shape index (κ3) is 4.31. The number of hydrazone groups is 1. The first-order chi connectivity index (χ1) is 13.3. The van der Waals surface area contributed by atoms with Crippen molar-refractivity contribution in [2.45, 2.75) is 34.6 Å². The van der Waals surface area contributed by atoms with E-state index in [4.69, 9.17) is 0 Å². The van der Waals surface area contributed by atoms with Gasteiger partial charge in [0.2, 0.25) is 0 Å². The topological polar surface area (TPSA) is 58.4 Å². The number of rotatable bonds is 4. The zero-order valence-electron chi connectivity index (χ0n) is 17.0. The van der Waals surface area contributed by atoms with Crippen LogP contribution in [-0.2, 0) is 0 Å². The maximum absolute atomic E-state index is 12.1. The molecule has 0 aliphatic heterocycles. The molecule has 1 heterocycles. The number of benzene rings is 2. The lowest BCUT2D eigenvalue weighted by Crippen LogP contribution is -2.24. The molecular formula is C23H26N4O. The Morgan fingerprint density at radius 3 is 2.32 bits per heavy atom. The largest absolute Gasteiger partial charge is 0.339 e. The van der Waals surface area contributed by atoms with E-state index in [2.05, 4.69) is 72.4 Å². The second-order valence-corrected chi connectivity index (χ2v) is 7.15. The molecule has 0 aliphatic carbocycles. The molecule has 0 saturated heterocycles. The highest BCUT2D eigenvalue weighted by Crippen LogP contribution is 2.22. The molecule has 3 rings (SSSR count). The highest BCUT2D eigenvalue weighted by molar-refractivity contribution is 5.91. The Morgan fingerprint density at radius 1 is 0.964 bits per heavy atom. The van der Waals surface area contributed by atoms with E-state index in [1.54, 1.807) is 6.21 Å². The highest BCUT2D eigenvalue weighted by atomic mass is 16.2. The van der Waals surface area contributed by atoms with Crippen LogP contribution in [-0.4, -0.2) is 16.8 Å². The minimum atomic E-state index is -0.367. The Hall–Kier alpha value is -3.34. The lowest BCUT2D eigenvalue weighted by atomic mass is 10.1. The molecule has 28 heavy (non-hydrogen) atoms. The summed E-state index contributed by atoms with van der Waals surface area (Å²) in [7, 11) is 0. The Bertz CT molecular complexity index is 1030. The summed E-state index contributed by atoms with van der Waals surface area (Å²) < 4.78 is 2.20. The Kier molecular flexibility index (Phi) is 5.64. The first-order valence-electron chi connectivity index (χ1n) is 9.28. The van der Waals surface area contributed by atoms with Crippen LogP contribution in [0.5, 0.6) is 0 Å². The Labute approximate surface area is 166 Å². The van der Waals surface area contributed by atoms with E-state index in [0.29, 0.717) is 0 Å². The van der Waals surface area contributed by atoms with Crippen molar-refractivity contribution in [1.29, 1.82) is 0 Å². The van der Waals surface area contributed by atoms with E-state index in [1.165, 1.54) is 11.1 Å². The SMILES string of the molecule is Cc1cc(C)cc(-n2c(C)cc(C=NNC(=O)Nc3ccccc3C)c2C)c1. The van der Waals surface area contributed by atoms with Crippen molar-refractivity contribution < 1.29 is 4.79 Å². The maximum atomic E-state index is 12.1. The number of nitrogens with one attached hydrogen (secondary N) is 2. The van der Waals surface area contributed by atoms with Crippen LogP contribution in [0.25, 0.3) is 5.69 Å². The van der Waals surface area contributed by atoms with Gasteiger partial charge in [0.05, 0.1) is 6.21 Å². The average molecular weight is 374 g/mol. The van der Waals surface area contributed by atoms with E-state index >= 15 is 0 Å². The van der Waals surface area contributed by atoms with Gasteiger partial charge in [-0.2, -0.15) is 5.10 Å². The van der Waals surface area contributed by atoms with Gasteiger partial charge in [0.25, 0.3) is 0 Å². The van der Waals surface area contributed by atoms with Gasteiger partial charge in [0.15, 0.2) is 0 Å². The van der Waals surface area contributed by atoms with Gasteiger partial charge in [-0.1, -0.05) is 24.3 Å². The van der Waals surface area contributed by atoms with E-state index < -0.39 is 0 Å². The molecule has 144 valence electrons. The fraction of sp³-hybridized carbons (Fsp3) is 0.217. The zero-order chi connectivity index (χ0) is 20.3. The van der Waals surface area contributed by atoms with Crippen molar-refractivity contribution >= 4 is 17.9 Å². The first-order valence-corrected chi connectivity index (χ1v) is 9.28. The van der Waals surface area contributed by atoms with Gasteiger partial charge in [0, 0.05) is 28.3 Å². The molecule has 5 nitrogen and oxygen atoms in total. The van der Waals surface area contributed by atoms with Crippen LogP contribution in [0.1, 0.15) is 33.6 Å². The second-order valence-electron chi connectivity index (χ2n) is 7.15. The van der Waals surface area contributed by atoms with Crippen molar-refractivity contribution in [3.8, 4) is 5.69 Å². The second kappa shape index (κ2) is 8.13. The van der Waals surface area contributed by atoms with Gasteiger partial charge in [-0.25, -0.2) is 10.2 Å². The summed E-state index contributed by atoms with van der Waals surface area (Å²) in [6, 6.07) is 15.8. The highest BCUT2D eigenvalue weighted by Gasteiger charge is 2.10. The standard InChI is InChI=1S/C23H26N4O/c1-15-10-16(2)12-21(11-15)27-18(4)13-20(19(27)5)14-24-26-23(28)25-22-9-7-6-8-17(22)3/h6-14H,1-5H3,(H2,25,26,28). The van der Waals surface area contributed by atoms with Crippen molar-refractivity contribution in [2.75, 3.05) is 5.32 Å². The van der Waals surface area contributed by atoms with Gasteiger partial charge in [0.1, 0.15) is 0 Å². The number of nitrogens with zero attached hydrogens (tertiary/aromatic N) is 2. The molecule has 0 atom stereocenters. The summed E-state index contributed by atoms with van der Waals surface area (Å²) in [5.74, 6) is 0. The predicted molar refractivity (Wildman–Crippen MR) is 116 cm³/mol. The lowest BCUT2D eigenvalue weighted by molar-refractivity contribution is 0.252. The summed E-state index contributed by atoms with van der Waals surface area (Å²) in [5.41, 5.74) is 11.1. The van der Waals surface area contributed by atoms with Crippen molar-refractivity contribution in [1.82, 2.24) is 9.99 Å². The molecular weight excluding hydrogens is 348 g/mol. The van der Waals surface area contributed by atoms with E-state index in [1.807, 2.05) is 31.2 Å². The third-order valence-corrected chi connectivity index (χ3v) is 4.70. The van der Waals surface area contributed by atoms with Crippen LogP contribution in [0, 0.1) is 34.6 Å². The van der Waals surface area contributed by atoms with Crippen molar-refractivity contribution in [3.05, 3.63) is 82.2 Å². The quantitative estimate of drug-likeness (QED) is 0.480. The summed E-state index contributed by atoms with van der Waals surface area (Å²) in [6.07, 6.45) is 1.68. The zero-order valence-corrected chi connectivity index (χ0v) is 17.0. The van der Waals surface area contributed by atoms with Crippen LogP contribution >= 0.6 is 0 Å². The number of urea groups is 1. The van der Waals surface area contributed by atoms with Crippen molar-refractivity contribution in [3.63, 3.8) is 0 Å². The van der Waals surface area contributed by atoms with Crippen LogP contribution in [0.15, 0.2) is 53.6 Å². The summed E-state index contributed by atoms with van der Waals surface area (Å²) in [4.78, 5) is 12.1. The number of aromatic nitrogens is 1. The molecule has 2 N–H and O–H groups in total. The average Bonchev–Trinajstić information content (AvgIpc) is 2.90. The molecule has 5 heteroatoms. The summed E-state index contributed by atoms with van der Waals surface area (Å²) >= 11 is 0. The van der Waals surface area contributed by atoms with Crippen LogP contribution in [0.3, 0.4) is 0 Å². The molecule has 0 spiro atoms. The third-order valence-electron chi connectivity index (χ3n) is 4.70. The van der Waals surface area contributed by atoms with Gasteiger partial charge < -0.3 is 9.88 Å². The molecule has 0 fully saturated rings. The summed E-state index contributed by atoms with van der Waals surface area (Å²) in [5, 5.41) is 6.91. The summed E-state index contributed by atoms with van der Waals surface area (Å²) in [6.45, 7) is 10.3. The molecule has 2 amide bonds. The molecule has 0 bridgehead atoms. The first kappa shape index (κ1) is 19.4. The molecule has 1 aromatic heterocycles. The normalized spacial score (nSPS) is 11.0. The number of hydrogen-bond donors (Lipinski definition) is 2. The number of anilines is 1. The predicted octanol–water partition coefficient (Wildman–Crippen LogP) is 5.18. The van der Waals surface area contributed by atoms with Crippen LogP contribution in [0.4, 0.5) is 10.5 Å². The number of hydrogen-bond acceptors (Lipinski definition) is 2. The number of amides is 2. The molecule has 0 saturated carbocycles. The van der Waals surface area contributed by atoms with Gasteiger partial charge >= 0.3 is 6.03 Å². The minimum Gasteiger partial charge on any atom is -0.318 e. The Morgan fingerprint density at radius 2 is 1.64 bits per heavy atom. The molecule has 0 radical (unpaired) electrons. The molecule has 0 unspecified atom stereocenters. The van der Waals surface area contributed by atoms with Crippen LogP contribution < -0.4 is 10.7 Å². The van der Waals surface area contributed by atoms with E-state index in [-0.39, 0.29) is 6.03 Å². The fourth-order valence-corrected chi connectivity index (χ4v) is 3.42. The van der Waals surface area contributed by atoms with Crippen LogP contribution in [0.2, 0.25) is 0 Å². The van der Waals surface area contributed by atoms with Gasteiger partial charge in [-0.05, 0) is 75.6 Å². The molecule has 2 aromatic carbocycles. The van der Waals surface area contributed by atoms with Gasteiger partial charge in [-0.3, -0.25) is 0 Å². The monoisotopic (exact) mass is 374 g/mol. The number of aryl methyl sites for hydroxylation is 4. The van der Waals surface area contributed by atoms with Gasteiger partial charge in [-0.15, -0.1) is 0 Å². The van der Waals surface area contributed by atoms with Crippen molar-refractivity contribution in [2.24, 2.45) is 5.10 Å². The van der Waals surface area contributed by atoms with E-state index in [0.717, 1.165) is 33.9 Å². The maximum Gasteiger partial charge on any atom is 0.339 e. The molecule has 3 aromatic rings. The Balaban J connectivity index is 1.74. The number of carbonyl (C=O) groups excluding carboxylic acids is 1. The number of carbonyl (C=O) groups is 1. The minimum absolute atomic E-state index is 0.367. The fourth-order valence-electron chi connectivity index (χ4n) is 3.42. The van der Waals surface area contributed by atoms with E-state index in [9.17, 15) is 4.79 Å². The lowest BCUT2D eigenvalue weighted by Gasteiger charge is -2.11. The molecule has 0 aliphatic rings.